The molecule has 0 spiro atoms. The number of hydrogen-bond donors (Lipinski definition) is 3. The first-order valence-electron chi connectivity index (χ1n) is 3.17. The van der Waals surface area contributed by atoms with Gasteiger partial charge in [-0.1, -0.05) is 0 Å². The minimum absolute atomic E-state index is 0.00958. The lowest BCUT2D eigenvalue weighted by Gasteiger charge is -2.04. The molecule has 0 bridgehead atoms. The molecule has 0 aliphatic heterocycles. The zero-order chi connectivity index (χ0) is 7.98. The van der Waals surface area contributed by atoms with Crippen LogP contribution < -0.4 is 0 Å². The van der Waals surface area contributed by atoms with Crippen LogP contribution in [0.3, 0.4) is 0 Å². The maximum Gasteiger partial charge on any atom is 0.304 e. The standard InChI is InChI=1S/C6H12O2S2/c7-6(8)4-5(10)2-1-3-9/h5,9-10H,1-4H2,(H,7,8). The molecule has 1 N–H and O–H groups in total. The van der Waals surface area contributed by atoms with Crippen LogP contribution in [0, 0.1) is 0 Å². The van der Waals surface area contributed by atoms with Gasteiger partial charge in [0.1, 0.15) is 0 Å². The average Bonchev–Trinajstić information content (AvgIpc) is 1.82. The molecule has 1 unspecified atom stereocenters. The van der Waals surface area contributed by atoms with E-state index in [-0.39, 0.29) is 11.7 Å². The fourth-order valence-corrected chi connectivity index (χ4v) is 1.15. The molecule has 0 fully saturated rings. The highest BCUT2D eigenvalue weighted by Crippen LogP contribution is 2.09. The van der Waals surface area contributed by atoms with E-state index in [0.29, 0.717) is 0 Å². The third kappa shape index (κ3) is 6.29. The molecular weight excluding hydrogens is 168 g/mol. The van der Waals surface area contributed by atoms with Crippen LogP contribution in [0.2, 0.25) is 0 Å². The van der Waals surface area contributed by atoms with Crippen LogP contribution in [0.15, 0.2) is 0 Å². The molecule has 60 valence electrons. The third-order valence-electron chi connectivity index (χ3n) is 1.11. The van der Waals surface area contributed by atoms with Gasteiger partial charge in [-0.15, -0.1) is 0 Å². The SMILES string of the molecule is O=C(O)CC(S)CCCS. The van der Waals surface area contributed by atoms with Crippen molar-refractivity contribution in [3.8, 4) is 0 Å². The highest BCUT2D eigenvalue weighted by atomic mass is 32.1. The van der Waals surface area contributed by atoms with Crippen molar-refractivity contribution >= 4 is 31.2 Å². The average molecular weight is 180 g/mol. The number of carboxylic acid groups (broad SMARTS) is 1. The molecule has 0 rings (SSSR count). The van der Waals surface area contributed by atoms with E-state index in [4.69, 9.17) is 5.11 Å². The van der Waals surface area contributed by atoms with Gasteiger partial charge < -0.3 is 5.11 Å². The minimum Gasteiger partial charge on any atom is -0.481 e. The zero-order valence-electron chi connectivity index (χ0n) is 5.66. The maximum atomic E-state index is 10.1. The molecule has 1 atom stereocenters. The van der Waals surface area contributed by atoms with E-state index in [1.165, 1.54) is 0 Å². The topological polar surface area (TPSA) is 37.3 Å². The molecule has 0 radical (unpaired) electrons. The monoisotopic (exact) mass is 180 g/mol. The fourth-order valence-electron chi connectivity index (χ4n) is 0.631. The van der Waals surface area contributed by atoms with Crippen molar-refractivity contribution in [1.29, 1.82) is 0 Å². The summed E-state index contributed by atoms with van der Waals surface area (Å²) in [5.74, 6) is 0.0237. The van der Waals surface area contributed by atoms with Gasteiger partial charge in [0, 0.05) is 5.25 Å². The molecule has 0 aliphatic rings. The van der Waals surface area contributed by atoms with Crippen molar-refractivity contribution in [1.82, 2.24) is 0 Å². The summed E-state index contributed by atoms with van der Waals surface area (Å²) in [4.78, 5) is 10.1. The van der Waals surface area contributed by atoms with Gasteiger partial charge >= 0.3 is 5.97 Å². The Morgan fingerprint density at radius 1 is 1.60 bits per heavy atom. The lowest BCUT2D eigenvalue weighted by atomic mass is 10.2. The first kappa shape index (κ1) is 10.2. The van der Waals surface area contributed by atoms with Crippen LogP contribution in [0.4, 0.5) is 0 Å². The van der Waals surface area contributed by atoms with Gasteiger partial charge in [0.15, 0.2) is 0 Å². The van der Waals surface area contributed by atoms with Gasteiger partial charge in [-0.3, -0.25) is 4.79 Å². The Kier molecular flexibility index (Phi) is 6.02. The smallest absolute Gasteiger partial charge is 0.304 e. The summed E-state index contributed by atoms with van der Waals surface area (Å²) in [7, 11) is 0. The molecule has 0 saturated carbocycles. The zero-order valence-corrected chi connectivity index (χ0v) is 7.44. The van der Waals surface area contributed by atoms with Gasteiger partial charge in [0.2, 0.25) is 0 Å². The highest BCUT2D eigenvalue weighted by molar-refractivity contribution is 7.81. The largest absolute Gasteiger partial charge is 0.481 e. The van der Waals surface area contributed by atoms with E-state index in [9.17, 15) is 4.79 Å². The summed E-state index contributed by atoms with van der Waals surface area (Å²) in [6.07, 6.45) is 1.92. The number of carbonyl (C=O) groups is 1. The highest BCUT2D eigenvalue weighted by Gasteiger charge is 2.06. The lowest BCUT2D eigenvalue weighted by molar-refractivity contribution is -0.136. The molecular formula is C6H12O2S2. The molecule has 4 heteroatoms. The van der Waals surface area contributed by atoms with Gasteiger partial charge in [-0.05, 0) is 18.6 Å². The Balaban J connectivity index is 3.25. The number of thiol groups is 2. The lowest BCUT2D eigenvalue weighted by Crippen LogP contribution is -2.07. The van der Waals surface area contributed by atoms with E-state index in [0.717, 1.165) is 18.6 Å². The van der Waals surface area contributed by atoms with E-state index in [2.05, 4.69) is 25.3 Å². The molecule has 10 heavy (non-hydrogen) atoms. The number of carboxylic acids is 1. The molecule has 0 aromatic heterocycles. The quantitative estimate of drug-likeness (QED) is 0.560. The molecule has 0 saturated heterocycles. The second kappa shape index (κ2) is 5.92. The van der Waals surface area contributed by atoms with Crippen molar-refractivity contribution in [3.05, 3.63) is 0 Å². The molecule has 0 heterocycles. The summed E-state index contributed by atoms with van der Waals surface area (Å²) < 4.78 is 0. The van der Waals surface area contributed by atoms with Gasteiger partial charge in [-0.25, -0.2) is 0 Å². The predicted molar refractivity (Wildman–Crippen MR) is 48.1 cm³/mol. The summed E-state index contributed by atoms with van der Waals surface area (Å²) in [5.41, 5.74) is 0. The predicted octanol–water partition coefficient (Wildman–Crippen LogP) is 1.47. The van der Waals surface area contributed by atoms with Crippen LogP contribution in [-0.2, 0) is 4.79 Å². The Labute approximate surface area is 71.8 Å². The van der Waals surface area contributed by atoms with Crippen LogP contribution in [0.1, 0.15) is 19.3 Å². The van der Waals surface area contributed by atoms with Gasteiger partial charge in [0.05, 0.1) is 6.42 Å². The second-order valence-electron chi connectivity index (χ2n) is 2.12. The first-order valence-corrected chi connectivity index (χ1v) is 4.32. The Morgan fingerprint density at radius 3 is 2.60 bits per heavy atom. The third-order valence-corrected chi connectivity index (χ3v) is 1.86. The van der Waals surface area contributed by atoms with Crippen LogP contribution in [-0.4, -0.2) is 22.1 Å². The molecule has 0 aromatic rings. The van der Waals surface area contributed by atoms with E-state index >= 15 is 0 Å². The number of aliphatic carboxylic acids is 1. The Hall–Kier alpha value is 0.170. The van der Waals surface area contributed by atoms with Crippen molar-refractivity contribution in [2.24, 2.45) is 0 Å². The maximum absolute atomic E-state index is 10.1. The normalized spacial score (nSPS) is 13.0. The summed E-state index contributed by atoms with van der Waals surface area (Å²) in [5, 5.41) is 8.31. The first-order chi connectivity index (χ1) is 4.66. The molecule has 0 aromatic carbocycles. The van der Waals surface area contributed by atoms with Crippen molar-refractivity contribution in [3.63, 3.8) is 0 Å². The summed E-state index contributed by atoms with van der Waals surface area (Å²) in [6, 6.07) is 0. The Morgan fingerprint density at radius 2 is 2.20 bits per heavy atom. The van der Waals surface area contributed by atoms with Crippen molar-refractivity contribution < 1.29 is 9.90 Å². The Bertz CT molecular complexity index is 106. The molecule has 2 nitrogen and oxygen atoms in total. The number of rotatable bonds is 5. The second-order valence-corrected chi connectivity index (χ2v) is 3.30. The molecule has 0 amide bonds. The van der Waals surface area contributed by atoms with Crippen LogP contribution in [0.5, 0.6) is 0 Å². The molecule has 0 aliphatic carbocycles. The number of hydrogen-bond acceptors (Lipinski definition) is 3. The summed E-state index contributed by atoms with van der Waals surface area (Å²) >= 11 is 8.09. The van der Waals surface area contributed by atoms with Crippen LogP contribution >= 0.6 is 25.3 Å². The van der Waals surface area contributed by atoms with Gasteiger partial charge in [0.25, 0.3) is 0 Å². The fraction of sp³-hybridized carbons (Fsp3) is 0.833. The minimum atomic E-state index is -0.779. The van der Waals surface area contributed by atoms with Gasteiger partial charge in [-0.2, -0.15) is 25.3 Å². The van der Waals surface area contributed by atoms with E-state index in [1.807, 2.05) is 0 Å². The summed E-state index contributed by atoms with van der Waals surface area (Å²) in [6.45, 7) is 0. The van der Waals surface area contributed by atoms with Crippen LogP contribution in [0.25, 0.3) is 0 Å². The van der Waals surface area contributed by atoms with Crippen molar-refractivity contribution in [2.75, 3.05) is 5.75 Å². The van der Waals surface area contributed by atoms with E-state index in [1.54, 1.807) is 0 Å². The van der Waals surface area contributed by atoms with Crippen molar-refractivity contribution in [2.45, 2.75) is 24.5 Å². The van der Waals surface area contributed by atoms with E-state index < -0.39 is 5.97 Å².